The maximum Gasteiger partial charge on any atom is 0.303 e. The normalized spacial score (nSPS) is 23.0. The summed E-state index contributed by atoms with van der Waals surface area (Å²) in [6, 6.07) is 9.59. The summed E-state index contributed by atoms with van der Waals surface area (Å²) in [5.41, 5.74) is 2.05. The maximum atomic E-state index is 12.0. The number of benzene rings is 1. The highest BCUT2D eigenvalue weighted by atomic mass is 32.1. The van der Waals surface area contributed by atoms with Gasteiger partial charge in [0.1, 0.15) is 24.6 Å². The van der Waals surface area contributed by atoms with E-state index in [1.54, 1.807) is 7.11 Å². The first-order valence-electron chi connectivity index (χ1n) is 11.6. The molecule has 1 saturated heterocycles. The zero-order chi connectivity index (χ0) is 27.1. The van der Waals surface area contributed by atoms with Crippen molar-refractivity contribution in [2.75, 3.05) is 13.7 Å². The number of ether oxygens (including phenoxy) is 6. The molecule has 3 rings (SSSR count). The Kier molecular flexibility index (Phi) is 9.65. The molecule has 0 N–H and O–H groups in total. The molecule has 0 radical (unpaired) electrons. The SMILES string of the molecule is COc1ccc(Cc2csc(C3OC(COC(C)=O)[C@@H](OC(C)=O)C(OC(C)=O)[C@H]3OC(C)=O)c2)cc1. The van der Waals surface area contributed by atoms with E-state index in [0.29, 0.717) is 11.3 Å². The Bertz CT molecular complexity index is 1110. The Morgan fingerprint density at radius 3 is 1.97 bits per heavy atom. The summed E-state index contributed by atoms with van der Waals surface area (Å²) in [6.07, 6.45) is -4.73. The first kappa shape index (κ1) is 28.1. The van der Waals surface area contributed by atoms with Crippen LogP contribution in [0.25, 0.3) is 0 Å². The Morgan fingerprint density at radius 1 is 0.811 bits per heavy atom. The molecular formula is C26H30O10S. The van der Waals surface area contributed by atoms with Crippen molar-refractivity contribution in [1.29, 1.82) is 0 Å². The van der Waals surface area contributed by atoms with Gasteiger partial charge in [-0.1, -0.05) is 12.1 Å². The molecule has 1 aliphatic rings. The predicted molar refractivity (Wildman–Crippen MR) is 131 cm³/mol. The monoisotopic (exact) mass is 534 g/mol. The first-order chi connectivity index (χ1) is 17.6. The van der Waals surface area contributed by atoms with E-state index >= 15 is 0 Å². The van der Waals surface area contributed by atoms with Crippen LogP contribution < -0.4 is 4.74 Å². The summed E-state index contributed by atoms with van der Waals surface area (Å²) >= 11 is 1.38. The van der Waals surface area contributed by atoms with Crippen molar-refractivity contribution < 1.29 is 47.6 Å². The third kappa shape index (κ3) is 7.77. The van der Waals surface area contributed by atoms with Crippen LogP contribution in [0.15, 0.2) is 35.7 Å². The molecule has 2 heterocycles. The zero-order valence-electron chi connectivity index (χ0n) is 21.3. The van der Waals surface area contributed by atoms with Crippen LogP contribution in [0, 0.1) is 0 Å². The van der Waals surface area contributed by atoms with Crippen molar-refractivity contribution in [1.82, 2.24) is 0 Å². The topological polar surface area (TPSA) is 124 Å². The van der Waals surface area contributed by atoms with Gasteiger partial charge in [-0.3, -0.25) is 19.2 Å². The lowest BCUT2D eigenvalue weighted by Crippen LogP contribution is -2.59. The van der Waals surface area contributed by atoms with Crippen LogP contribution >= 0.6 is 11.3 Å². The summed E-state index contributed by atoms with van der Waals surface area (Å²) in [7, 11) is 1.60. The second-order valence-corrected chi connectivity index (χ2v) is 9.44. The molecule has 0 amide bonds. The smallest absolute Gasteiger partial charge is 0.303 e. The fourth-order valence-corrected chi connectivity index (χ4v) is 5.05. The number of hydrogen-bond donors (Lipinski definition) is 0. The Balaban J connectivity index is 1.96. The van der Waals surface area contributed by atoms with Gasteiger partial charge in [0.05, 0.1) is 7.11 Å². The molecule has 37 heavy (non-hydrogen) atoms. The summed E-state index contributed by atoms with van der Waals surface area (Å²) in [4.78, 5) is 48.1. The minimum Gasteiger partial charge on any atom is -0.497 e. The van der Waals surface area contributed by atoms with E-state index in [2.05, 4.69) is 0 Å². The van der Waals surface area contributed by atoms with Crippen LogP contribution in [0.5, 0.6) is 5.75 Å². The molecule has 1 aromatic heterocycles. The molecule has 1 aliphatic heterocycles. The molecule has 0 saturated carbocycles. The fraction of sp³-hybridized carbons (Fsp3) is 0.462. The molecule has 0 spiro atoms. The second-order valence-electron chi connectivity index (χ2n) is 8.50. The summed E-state index contributed by atoms with van der Waals surface area (Å²) < 4.78 is 33.1. The number of esters is 4. The molecule has 5 atom stereocenters. The summed E-state index contributed by atoms with van der Waals surface area (Å²) in [5, 5.41) is 1.95. The maximum absolute atomic E-state index is 12.0. The number of hydrogen-bond acceptors (Lipinski definition) is 11. The van der Waals surface area contributed by atoms with Crippen LogP contribution in [-0.2, 0) is 49.3 Å². The van der Waals surface area contributed by atoms with E-state index in [1.165, 1.54) is 39.0 Å². The van der Waals surface area contributed by atoms with Crippen molar-refractivity contribution >= 4 is 35.2 Å². The van der Waals surface area contributed by atoms with E-state index in [9.17, 15) is 19.2 Å². The van der Waals surface area contributed by atoms with Crippen molar-refractivity contribution in [3.63, 3.8) is 0 Å². The standard InChI is InChI=1S/C26H30O10S/c1-14(27)32-12-21-23(33-15(2)28)25(34-16(3)29)26(35-17(4)30)24(36-21)22-11-19(13-37-22)10-18-6-8-20(31-5)9-7-18/h6-9,11,13,21,23-26H,10,12H2,1-5H3/t21?,23-,24?,25?,26+/m1/s1. The zero-order valence-corrected chi connectivity index (χ0v) is 22.1. The van der Waals surface area contributed by atoms with E-state index < -0.39 is 54.4 Å². The fourth-order valence-electron chi connectivity index (χ4n) is 4.07. The van der Waals surface area contributed by atoms with E-state index in [0.717, 1.165) is 16.9 Å². The van der Waals surface area contributed by atoms with Crippen molar-refractivity contribution in [3.05, 3.63) is 51.7 Å². The molecule has 11 heteroatoms. The third-order valence-electron chi connectivity index (χ3n) is 5.51. The molecule has 200 valence electrons. The van der Waals surface area contributed by atoms with Gasteiger partial charge in [-0.15, -0.1) is 11.3 Å². The highest BCUT2D eigenvalue weighted by Crippen LogP contribution is 2.40. The second kappa shape index (κ2) is 12.7. The average Bonchev–Trinajstić information content (AvgIpc) is 3.28. The van der Waals surface area contributed by atoms with Gasteiger partial charge in [0.15, 0.2) is 18.3 Å². The first-order valence-corrected chi connectivity index (χ1v) is 12.5. The highest BCUT2D eigenvalue weighted by molar-refractivity contribution is 7.10. The molecule has 0 bridgehead atoms. The van der Waals surface area contributed by atoms with Crippen LogP contribution in [0.4, 0.5) is 0 Å². The van der Waals surface area contributed by atoms with Crippen LogP contribution in [-0.4, -0.2) is 62.0 Å². The molecule has 2 aromatic rings. The molecule has 10 nitrogen and oxygen atoms in total. The summed E-state index contributed by atoms with van der Waals surface area (Å²) in [6.45, 7) is 4.57. The molecule has 0 aliphatic carbocycles. The van der Waals surface area contributed by atoms with Crippen LogP contribution in [0.3, 0.4) is 0 Å². The largest absolute Gasteiger partial charge is 0.497 e. The molecule has 3 unspecified atom stereocenters. The molecule has 1 fully saturated rings. The Hall–Kier alpha value is -3.44. The highest BCUT2D eigenvalue weighted by Gasteiger charge is 2.52. The van der Waals surface area contributed by atoms with Gasteiger partial charge in [0, 0.05) is 32.6 Å². The number of carbonyl (C=O) groups is 4. The van der Waals surface area contributed by atoms with Gasteiger partial charge in [-0.2, -0.15) is 0 Å². The van der Waals surface area contributed by atoms with Gasteiger partial charge in [0.25, 0.3) is 0 Å². The Labute approximate surface area is 218 Å². The lowest BCUT2D eigenvalue weighted by molar-refractivity contribution is -0.254. The number of thiophene rings is 1. The van der Waals surface area contributed by atoms with Crippen LogP contribution in [0.2, 0.25) is 0 Å². The Morgan fingerprint density at radius 2 is 1.41 bits per heavy atom. The number of carbonyl (C=O) groups excluding carboxylic acids is 4. The van der Waals surface area contributed by atoms with Gasteiger partial charge < -0.3 is 28.4 Å². The van der Waals surface area contributed by atoms with Crippen molar-refractivity contribution in [2.45, 2.75) is 64.6 Å². The van der Waals surface area contributed by atoms with Crippen LogP contribution in [0.1, 0.15) is 49.8 Å². The van der Waals surface area contributed by atoms with E-state index in [-0.39, 0.29) is 6.61 Å². The van der Waals surface area contributed by atoms with E-state index in [4.69, 9.17) is 28.4 Å². The quantitative estimate of drug-likeness (QED) is 0.350. The minimum absolute atomic E-state index is 0.265. The number of rotatable bonds is 9. The third-order valence-corrected chi connectivity index (χ3v) is 6.56. The molecular weight excluding hydrogens is 504 g/mol. The van der Waals surface area contributed by atoms with E-state index in [1.807, 2.05) is 35.7 Å². The van der Waals surface area contributed by atoms with Gasteiger partial charge >= 0.3 is 23.9 Å². The molecule has 1 aromatic carbocycles. The minimum atomic E-state index is -1.20. The number of methoxy groups -OCH3 is 1. The van der Waals surface area contributed by atoms with Crippen molar-refractivity contribution in [3.8, 4) is 5.75 Å². The van der Waals surface area contributed by atoms with Gasteiger partial charge in [-0.25, -0.2) is 0 Å². The lowest BCUT2D eigenvalue weighted by Gasteiger charge is -2.44. The van der Waals surface area contributed by atoms with Gasteiger partial charge in [0.2, 0.25) is 0 Å². The predicted octanol–water partition coefficient (Wildman–Crippen LogP) is 3.15. The van der Waals surface area contributed by atoms with Gasteiger partial charge in [-0.05, 0) is 41.1 Å². The van der Waals surface area contributed by atoms with Crippen molar-refractivity contribution in [2.24, 2.45) is 0 Å². The summed E-state index contributed by atoms with van der Waals surface area (Å²) in [5.74, 6) is -1.78. The lowest BCUT2D eigenvalue weighted by atomic mass is 9.93. The average molecular weight is 535 g/mol.